The van der Waals surface area contributed by atoms with Crippen molar-refractivity contribution in [3.8, 4) is 5.75 Å². The van der Waals surface area contributed by atoms with Crippen LogP contribution in [0.2, 0.25) is 0 Å². The van der Waals surface area contributed by atoms with E-state index >= 15 is 0 Å². The van der Waals surface area contributed by atoms with Crippen LogP contribution in [-0.4, -0.2) is 12.9 Å². The van der Waals surface area contributed by atoms with Crippen molar-refractivity contribution < 1.29 is 18.3 Å². The fraction of sp³-hybridized carbons (Fsp3) is 0.0714. The van der Waals surface area contributed by atoms with E-state index in [-0.39, 0.29) is 16.9 Å². The van der Waals surface area contributed by atoms with Crippen molar-refractivity contribution in [1.82, 2.24) is 0 Å². The second-order valence-electron chi connectivity index (χ2n) is 3.66. The highest BCUT2D eigenvalue weighted by Crippen LogP contribution is 2.22. The number of hydrogen-bond donors (Lipinski definition) is 0. The Labute approximate surface area is 103 Å². The Morgan fingerprint density at radius 1 is 1.11 bits per heavy atom. The maximum Gasteiger partial charge on any atom is 0.196 e. The highest BCUT2D eigenvalue weighted by atomic mass is 19.1. The van der Waals surface area contributed by atoms with Gasteiger partial charge in [-0.1, -0.05) is 18.2 Å². The van der Waals surface area contributed by atoms with Crippen LogP contribution in [0.1, 0.15) is 15.9 Å². The van der Waals surface area contributed by atoms with E-state index in [4.69, 9.17) is 4.74 Å². The van der Waals surface area contributed by atoms with Gasteiger partial charge in [0.25, 0.3) is 0 Å². The van der Waals surface area contributed by atoms with E-state index in [2.05, 4.69) is 0 Å². The maximum atomic E-state index is 13.9. The van der Waals surface area contributed by atoms with Crippen LogP contribution in [0.3, 0.4) is 0 Å². The number of benzene rings is 2. The molecule has 2 nitrogen and oxygen atoms in total. The Bertz CT molecular complexity index is 594. The summed E-state index contributed by atoms with van der Waals surface area (Å²) in [7, 11) is 1.31. The molecule has 0 saturated heterocycles. The minimum atomic E-state index is -0.741. The van der Waals surface area contributed by atoms with Crippen molar-refractivity contribution in [3.63, 3.8) is 0 Å². The lowest BCUT2D eigenvalue weighted by Gasteiger charge is -2.06. The number of ether oxygens (including phenoxy) is 1. The van der Waals surface area contributed by atoms with Gasteiger partial charge in [0.15, 0.2) is 17.3 Å². The van der Waals surface area contributed by atoms with Crippen LogP contribution in [0.4, 0.5) is 8.78 Å². The van der Waals surface area contributed by atoms with Gasteiger partial charge < -0.3 is 4.74 Å². The first-order chi connectivity index (χ1) is 8.63. The van der Waals surface area contributed by atoms with Crippen LogP contribution in [0.5, 0.6) is 5.75 Å². The molecule has 4 heteroatoms. The minimum absolute atomic E-state index is 0.0164. The molecule has 0 bridgehead atoms. The highest BCUT2D eigenvalue weighted by Gasteiger charge is 2.17. The smallest absolute Gasteiger partial charge is 0.196 e. The van der Waals surface area contributed by atoms with E-state index in [9.17, 15) is 13.6 Å². The molecule has 0 radical (unpaired) electrons. The number of halogens is 2. The third kappa shape index (κ3) is 2.22. The minimum Gasteiger partial charge on any atom is -0.494 e. The lowest BCUT2D eigenvalue weighted by molar-refractivity contribution is 0.103. The molecule has 0 aliphatic rings. The number of rotatable bonds is 3. The molecule has 0 aromatic heterocycles. The second kappa shape index (κ2) is 4.96. The van der Waals surface area contributed by atoms with Gasteiger partial charge >= 0.3 is 0 Å². The van der Waals surface area contributed by atoms with Gasteiger partial charge in [0, 0.05) is 5.56 Å². The van der Waals surface area contributed by atoms with Crippen molar-refractivity contribution in [1.29, 1.82) is 0 Å². The Balaban J connectivity index is 2.46. The second-order valence-corrected chi connectivity index (χ2v) is 3.66. The monoisotopic (exact) mass is 248 g/mol. The van der Waals surface area contributed by atoms with Gasteiger partial charge in [-0.15, -0.1) is 0 Å². The zero-order valence-corrected chi connectivity index (χ0v) is 9.61. The fourth-order valence-electron chi connectivity index (χ4n) is 1.63. The molecule has 0 aliphatic heterocycles. The van der Waals surface area contributed by atoms with Gasteiger partial charge in [0.05, 0.1) is 12.7 Å². The largest absolute Gasteiger partial charge is 0.494 e. The highest BCUT2D eigenvalue weighted by molar-refractivity contribution is 6.09. The summed E-state index contributed by atoms with van der Waals surface area (Å²) in [4.78, 5) is 12.0. The summed E-state index contributed by atoms with van der Waals surface area (Å²) in [5, 5.41) is 0. The molecule has 0 unspecified atom stereocenters. The number of carbonyl (C=O) groups is 1. The quantitative estimate of drug-likeness (QED) is 0.780. The lowest BCUT2D eigenvalue weighted by Crippen LogP contribution is -2.05. The number of methoxy groups -OCH3 is 1. The molecule has 2 rings (SSSR count). The first kappa shape index (κ1) is 12.2. The molecule has 0 fully saturated rings. The van der Waals surface area contributed by atoms with Crippen LogP contribution in [-0.2, 0) is 0 Å². The van der Waals surface area contributed by atoms with Crippen LogP contribution < -0.4 is 4.74 Å². The van der Waals surface area contributed by atoms with Crippen molar-refractivity contribution in [2.45, 2.75) is 0 Å². The molecule has 0 aliphatic carbocycles. The molecular formula is C14H10F2O2. The molecule has 0 spiro atoms. The van der Waals surface area contributed by atoms with Crippen molar-refractivity contribution in [2.24, 2.45) is 0 Å². The Hall–Kier alpha value is -2.23. The van der Waals surface area contributed by atoms with Gasteiger partial charge in [-0.05, 0) is 24.3 Å². The van der Waals surface area contributed by atoms with E-state index in [0.717, 1.165) is 6.07 Å². The molecule has 2 aromatic rings. The Kier molecular flexibility index (Phi) is 3.37. The zero-order valence-electron chi connectivity index (χ0n) is 9.61. The summed E-state index contributed by atoms with van der Waals surface area (Å²) in [6, 6.07) is 9.39. The first-order valence-electron chi connectivity index (χ1n) is 5.26. The molecule has 0 amide bonds. The van der Waals surface area contributed by atoms with E-state index in [1.54, 1.807) is 0 Å². The van der Waals surface area contributed by atoms with Crippen LogP contribution in [0.25, 0.3) is 0 Å². The lowest BCUT2D eigenvalue weighted by atomic mass is 10.0. The molecule has 18 heavy (non-hydrogen) atoms. The van der Waals surface area contributed by atoms with Crippen molar-refractivity contribution in [3.05, 3.63) is 65.2 Å². The topological polar surface area (TPSA) is 26.3 Å². The number of ketones is 1. The van der Waals surface area contributed by atoms with Crippen molar-refractivity contribution >= 4 is 5.78 Å². The van der Waals surface area contributed by atoms with E-state index in [1.165, 1.54) is 43.5 Å². The number of carbonyl (C=O) groups excluding carboxylic acids is 1. The average Bonchev–Trinajstić information content (AvgIpc) is 2.38. The van der Waals surface area contributed by atoms with Gasteiger partial charge in [0.2, 0.25) is 0 Å². The summed E-state index contributed by atoms with van der Waals surface area (Å²) in [5.74, 6) is -1.87. The Morgan fingerprint density at radius 2 is 1.83 bits per heavy atom. The molecule has 0 heterocycles. The zero-order chi connectivity index (χ0) is 13.1. The SMILES string of the molecule is COc1cccc(C(=O)c2cccc(F)c2)c1F. The normalized spacial score (nSPS) is 10.2. The molecule has 2 aromatic carbocycles. The number of hydrogen-bond acceptors (Lipinski definition) is 2. The summed E-state index contributed by atoms with van der Waals surface area (Å²) in [5.41, 5.74) is -0.0397. The standard InChI is InChI=1S/C14H10F2O2/c1-18-12-7-3-6-11(13(12)16)14(17)9-4-2-5-10(15)8-9/h2-8H,1H3. The molecule has 0 atom stereocenters. The molecule has 92 valence electrons. The molecule has 0 saturated carbocycles. The van der Waals surface area contributed by atoms with Gasteiger partial charge in [-0.3, -0.25) is 4.79 Å². The van der Waals surface area contributed by atoms with E-state index in [1.807, 2.05) is 0 Å². The van der Waals surface area contributed by atoms with E-state index < -0.39 is 17.4 Å². The summed E-state index contributed by atoms with van der Waals surface area (Å²) in [6.45, 7) is 0. The fourth-order valence-corrected chi connectivity index (χ4v) is 1.63. The average molecular weight is 248 g/mol. The van der Waals surface area contributed by atoms with Crippen LogP contribution >= 0.6 is 0 Å². The third-order valence-corrected chi connectivity index (χ3v) is 2.51. The molecular weight excluding hydrogens is 238 g/mol. The third-order valence-electron chi connectivity index (χ3n) is 2.51. The first-order valence-corrected chi connectivity index (χ1v) is 5.26. The summed E-state index contributed by atoms with van der Waals surface area (Å²) in [6.07, 6.45) is 0. The van der Waals surface area contributed by atoms with Gasteiger partial charge in [0.1, 0.15) is 5.82 Å². The predicted octanol–water partition coefficient (Wildman–Crippen LogP) is 3.20. The van der Waals surface area contributed by atoms with Crippen molar-refractivity contribution in [2.75, 3.05) is 7.11 Å². The molecule has 0 N–H and O–H groups in total. The maximum absolute atomic E-state index is 13.9. The van der Waals surface area contributed by atoms with Crippen LogP contribution in [0, 0.1) is 11.6 Å². The van der Waals surface area contributed by atoms with Crippen LogP contribution in [0.15, 0.2) is 42.5 Å². The van der Waals surface area contributed by atoms with Gasteiger partial charge in [-0.2, -0.15) is 0 Å². The summed E-state index contributed by atoms with van der Waals surface area (Å²) < 4.78 is 31.7. The predicted molar refractivity (Wildman–Crippen MR) is 62.8 cm³/mol. The van der Waals surface area contributed by atoms with E-state index in [0.29, 0.717) is 0 Å². The Morgan fingerprint density at radius 3 is 2.50 bits per heavy atom. The summed E-state index contributed by atoms with van der Waals surface area (Å²) >= 11 is 0. The van der Waals surface area contributed by atoms with Gasteiger partial charge in [-0.25, -0.2) is 8.78 Å².